The molecule has 170 valence electrons. The Balaban J connectivity index is 1.23. The van der Waals surface area contributed by atoms with E-state index in [4.69, 9.17) is 11.6 Å². The zero-order chi connectivity index (χ0) is 22.5. The van der Waals surface area contributed by atoms with Crippen LogP contribution in [0.15, 0.2) is 54.6 Å². The lowest BCUT2D eigenvalue weighted by molar-refractivity contribution is -0.138. The Hall–Kier alpha value is -2.37. The first-order chi connectivity index (χ1) is 15.5. The molecule has 5 nitrogen and oxygen atoms in total. The van der Waals surface area contributed by atoms with Crippen molar-refractivity contribution in [3.8, 4) is 0 Å². The first kappa shape index (κ1) is 22.8. The molecule has 1 unspecified atom stereocenters. The van der Waals surface area contributed by atoms with Crippen molar-refractivity contribution in [2.75, 3.05) is 39.3 Å². The van der Waals surface area contributed by atoms with E-state index in [9.17, 15) is 9.59 Å². The maximum Gasteiger partial charge on any atom is 0.253 e. The molecule has 2 aromatic carbocycles. The zero-order valence-electron chi connectivity index (χ0n) is 18.8. The number of rotatable bonds is 5. The quantitative estimate of drug-likeness (QED) is 0.688. The third kappa shape index (κ3) is 5.51. The molecule has 32 heavy (non-hydrogen) atoms. The normalized spacial score (nSPS) is 19.1. The molecule has 1 atom stereocenters. The second kappa shape index (κ2) is 10.5. The minimum Gasteiger partial charge on any atom is -0.341 e. The largest absolute Gasteiger partial charge is 0.341 e. The van der Waals surface area contributed by atoms with Gasteiger partial charge in [0.05, 0.1) is 6.04 Å². The summed E-state index contributed by atoms with van der Waals surface area (Å²) in [5.74, 6) is 0.903. The Labute approximate surface area is 195 Å². The van der Waals surface area contributed by atoms with Crippen LogP contribution in [0.3, 0.4) is 0 Å². The summed E-state index contributed by atoms with van der Waals surface area (Å²) >= 11 is 5.93. The zero-order valence-corrected chi connectivity index (χ0v) is 19.5. The molecule has 0 aromatic heterocycles. The highest BCUT2D eigenvalue weighted by Gasteiger charge is 2.32. The van der Waals surface area contributed by atoms with Crippen molar-refractivity contribution in [3.63, 3.8) is 0 Å². The molecule has 0 spiro atoms. The van der Waals surface area contributed by atoms with Crippen molar-refractivity contribution in [3.05, 3.63) is 70.7 Å². The maximum atomic E-state index is 13.1. The monoisotopic (exact) mass is 453 g/mol. The highest BCUT2D eigenvalue weighted by atomic mass is 35.5. The molecule has 0 N–H and O–H groups in total. The topological polar surface area (TPSA) is 43.9 Å². The van der Waals surface area contributed by atoms with E-state index >= 15 is 0 Å². The number of amides is 2. The summed E-state index contributed by atoms with van der Waals surface area (Å²) in [6.07, 6.45) is 3.23. The van der Waals surface area contributed by atoms with Gasteiger partial charge in [0.15, 0.2) is 0 Å². The van der Waals surface area contributed by atoms with Gasteiger partial charge >= 0.3 is 0 Å². The number of hydrogen-bond donors (Lipinski definition) is 0. The van der Waals surface area contributed by atoms with Gasteiger partial charge in [0, 0.05) is 49.9 Å². The van der Waals surface area contributed by atoms with E-state index < -0.39 is 0 Å². The number of carbonyl (C=O) groups is 2. The van der Waals surface area contributed by atoms with Crippen molar-refractivity contribution < 1.29 is 9.59 Å². The van der Waals surface area contributed by atoms with Gasteiger partial charge in [-0.3, -0.25) is 14.5 Å². The minimum atomic E-state index is -0.145. The molecular formula is C26H32ClN3O2. The number of benzene rings is 2. The highest BCUT2D eigenvalue weighted by Crippen LogP contribution is 2.23. The van der Waals surface area contributed by atoms with E-state index in [0.29, 0.717) is 29.6 Å². The molecule has 0 bridgehead atoms. The van der Waals surface area contributed by atoms with Gasteiger partial charge in [-0.15, -0.1) is 0 Å². The summed E-state index contributed by atoms with van der Waals surface area (Å²) in [5, 5.41) is 0.628. The van der Waals surface area contributed by atoms with Gasteiger partial charge in [-0.25, -0.2) is 0 Å². The van der Waals surface area contributed by atoms with Gasteiger partial charge in [0.25, 0.3) is 5.91 Å². The van der Waals surface area contributed by atoms with Crippen LogP contribution in [0.25, 0.3) is 0 Å². The molecule has 2 aromatic rings. The standard InChI is InChI=1S/C26H32ClN3O2/c1-20(25(31)29-13-11-22(12-14-29)19-21-5-3-2-4-6-21)28-15-17-30(18-16-28)26(32)23-7-9-24(27)10-8-23/h2-10,20,22H,11-19H2,1H3. The van der Waals surface area contributed by atoms with Crippen molar-refractivity contribution in [2.24, 2.45) is 5.92 Å². The van der Waals surface area contributed by atoms with Crippen LogP contribution >= 0.6 is 11.6 Å². The highest BCUT2D eigenvalue weighted by molar-refractivity contribution is 6.30. The first-order valence-corrected chi connectivity index (χ1v) is 12.0. The van der Waals surface area contributed by atoms with E-state index in [1.165, 1.54) is 5.56 Å². The van der Waals surface area contributed by atoms with Crippen LogP contribution < -0.4 is 0 Å². The summed E-state index contributed by atoms with van der Waals surface area (Å²) in [5.41, 5.74) is 2.04. The molecule has 2 amide bonds. The number of carbonyl (C=O) groups excluding carboxylic acids is 2. The fourth-order valence-corrected chi connectivity index (χ4v) is 4.94. The summed E-state index contributed by atoms with van der Waals surface area (Å²) in [6, 6.07) is 17.5. The summed E-state index contributed by atoms with van der Waals surface area (Å²) in [6.45, 7) is 6.41. The number of piperazine rings is 1. The molecule has 2 heterocycles. The van der Waals surface area contributed by atoms with Crippen LogP contribution in [0.1, 0.15) is 35.7 Å². The average molecular weight is 454 g/mol. The molecule has 6 heteroatoms. The SMILES string of the molecule is CC(C(=O)N1CCC(Cc2ccccc2)CC1)N1CCN(C(=O)c2ccc(Cl)cc2)CC1. The Morgan fingerprint density at radius 1 is 0.875 bits per heavy atom. The molecule has 4 rings (SSSR count). The number of halogens is 1. The molecule has 2 aliphatic rings. The van der Waals surface area contributed by atoms with Crippen LogP contribution in [0.2, 0.25) is 5.02 Å². The van der Waals surface area contributed by atoms with Crippen LogP contribution in [0, 0.1) is 5.92 Å². The smallest absolute Gasteiger partial charge is 0.253 e. The van der Waals surface area contributed by atoms with E-state index in [-0.39, 0.29) is 17.9 Å². The van der Waals surface area contributed by atoms with Crippen LogP contribution in [0.4, 0.5) is 0 Å². The number of nitrogens with zero attached hydrogens (tertiary/aromatic N) is 3. The van der Waals surface area contributed by atoms with Crippen molar-refractivity contribution in [1.82, 2.24) is 14.7 Å². The van der Waals surface area contributed by atoms with Crippen LogP contribution in [0.5, 0.6) is 0 Å². The lowest BCUT2D eigenvalue weighted by Gasteiger charge is -2.40. The second-order valence-electron chi connectivity index (χ2n) is 8.97. The fraction of sp³-hybridized carbons (Fsp3) is 0.462. The predicted octanol–water partition coefficient (Wildman–Crippen LogP) is 3.97. The second-order valence-corrected chi connectivity index (χ2v) is 9.41. The molecular weight excluding hydrogens is 422 g/mol. The summed E-state index contributed by atoms with van der Waals surface area (Å²) in [4.78, 5) is 32.0. The van der Waals surface area contributed by atoms with Gasteiger partial charge in [-0.2, -0.15) is 0 Å². The Kier molecular flexibility index (Phi) is 7.48. The molecule has 0 saturated carbocycles. The fourth-order valence-electron chi connectivity index (χ4n) is 4.81. The number of likely N-dealkylation sites (tertiary alicyclic amines) is 1. The van der Waals surface area contributed by atoms with E-state index in [1.54, 1.807) is 24.3 Å². The Morgan fingerprint density at radius 3 is 2.12 bits per heavy atom. The van der Waals surface area contributed by atoms with Crippen molar-refractivity contribution in [1.29, 1.82) is 0 Å². The minimum absolute atomic E-state index is 0.0285. The summed E-state index contributed by atoms with van der Waals surface area (Å²) < 4.78 is 0. The third-order valence-corrected chi connectivity index (χ3v) is 7.14. The number of hydrogen-bond acceptors (Lipinski definition) is 3. The average Bonchev–Trinajstić information content (AvgIpc) is 2.84. The maximum absolute atomic E-state index is 13.1. The molecule has 2 fully saturated rings. The van der Waals surface area contributed by atoms with Crippen LogP contribution in [-0.2, 0) is 11.2 Å². The van der Waals surface area contributed by atoms with Gasteiger partial charge in [-0.1, -0.05) is 41.9 Å². The van der Waals surface area contributed by atoms with Crippen molar-refractivity contribution >= 4 is 23.4 Å². The molecule has 0 radical (unpaired) electrons. The van der Waals surface area contributed by atoms with E-state index in [2.05, 4.69) is 35.2 Å². The van der Waals surface area contributed by atoms with Crippen molar-refractivity contribution in [2.45, 2.75) is 32.2 Å². The Morgan fingerprint density at radius 2 is 1.50 bits per heavy atom. The van der Waals surface area contributed by atoms with E-state index in [0.717, 1.165) is 45.4 Å². The number of piperidine rings is 1. The lowest BCUT2D eigenvalue weighted by atomic mass is 9.90. The lowest BCUT2D eigenvalue weighted by Crippen LogP contribution is -2.56. The van der Waals surface area contributed by atoms with Gasteiger partial charge in [0.2, 0.25) is 5.91 Å². The molecule has 0 aliphatic carbocycles. The molecule has 2 aliphatic heterocycles. The summed E-state index contributed by atoms with van der Waals surface area (Å²) in [7, 11) is 0. The van der Waals surface area contributed by atoms with Gasteiger partial charge in [-0.05, 0) is 61.9 Å². The predicted molar refractivity (Wildman–Crippen MR) is 128 cm³/mol. The van der Waals surface area contributed by atoms with E-state index in [1.807, 2.05) is 16.7 Å². The van der Waals surface area contributed by atoms with Crippen LogP contribution in [-0.4, -0.2) is 71.8 Å². The van der Waals surface area contributed by atoms with Gasteiger partial charge < -0.3 is 9.80 Å². The third-order valence-electron chi connectivity index (χ3n) is 6.89. The Bertz CT molecular complexity index is 902. The molecule has 2 saturated heterocycles. The van der Waals surface area contributed by atoms with Gasteiger partial charge in [0.1, 0.15) is 0 Å². The first-order valence-electron chi connectivity index (χ1n) is 11.6.